The van der Waals surface area contributed by atoms with E-state index >= 15 is 0 Å². The van der Waals surface area contributed by atoms with Crippen molar-refractivity contribution in [3.05, 3.63) is 29.8 Å². The lowest BCUT2D eigenvalue weighted by Crippen LogP contribution is -2.37. The zero-order valence-corrected chi connectivity index (χ0v) is 9.80. The summed E-state index contributed by atoms with van der Waals surface area (Å²) in [7, 11) is 0. The molecule has 0 bridgehead atoms. The zero-order valence-electron chi connectivity index (χ0n) is 8.99. The molecular weight excluding hydrogens is 208 g/mol. The van der Waals surface area contributed by atoms with Crippen LogP contribution in [0.4, 0.5) is 0 Å². The molecule has 0 aliphatic carbocycles. The average molecular weight is 224 g/mol. The predicted molar refractivity (Wildman–Crippen MR) is 64.2 cm³/mol. The number of nitrogens with two attached hydrogens (primary N) is 1. The van der Waals surface area contributed by atoms with Gasteiger partial charge in [0.1, 0.15) is 0 Å². The van der Waals surface area contributed by atoms with Gasteiger partial charge in [-0.1, -0.05) is 0 Å². The normalized spacial score (nSPS) is 12.2. The molecule has 0 fully saturated rings. The minimum absolute atomic E-state index is 0.0118. The van der Waals surface area contributed by atoms with Crippen molar-refractivity contribution >= 4 is 17.7 Å². The van der Waals surface area contributed by atoms with Crippen molar-refractivity contribution < 1.29 is 4.79 Å². The van der Waals surface area contributed by atoms with Crippen molar-refractivity contribution in [1.82, 2.24) is 5.32 Å². The molecule has 0 radical (unpaired) electrons. The molecular formula is C11H16N2OS. The number of benzene rings is 1. The number of hydrogen-bond donors (Lipinski definition) is 2. The zero-order chi connectivity index (χ0) is 11.3. The number of carbonyl (C=O) groups excluding carboxylic acids is 1. The molecule has 0 saturated carbocycles. The first-order valence-corrected chi connectivity index (χ1v) is 6.05. The molecule has 0 aromatic heterocycles. The smallest absolute Gasteiger partial charge is 0.251 e. The summed E-state index contributed by atoms with van der Waals surface area (Å²) in [6, 6.07) is 7.53. The molecule has 0 aliphatic heterocycles. The summed E-state index contributed by atoms with van der Waals surface area (Å²) >= 11 is 1.66. The second-order valence-electron chi connectivity index (χ2n) is 3.34. The summed E-state index contributed by atoms with van der Waals surface area (Å²) in [6.07, 6.45) is 2.01. The Hall–Kier alpha value is -1.00. The molecule has 1 aromatic carbocycles. The summed E-state index contributed by atoms with van der Waals surface area (Å²) in [6.45, 7) is 2.34. The third kappa shape index (κ3) is 3.57. The summed E-state index contributed by atoms with van der Waals surface area (Å²) < 4.78 is 0. The third-order valence-corrected chi connectivity index (χ3v) is 2.83. The van der Waals surface area contributed by atoms with Crippen LogP contribution in [0.2, 0.25) is 0 Å². The highest BCUT2D eigenvalue weighted by Crippen LogP contribution is 2.14. The van der Waals surface area contributed by atoms with Gasteiger partial charge in [-0.25, -0.2) is 0 Å². The van der Waals surface area contributed by atoms with E-state index in [2.05, 4.69) is 5.32 Å². The molecule has 1 atom stereocenters. The van der Waals surface area contributed by atoms with Gasteiger partial charge in [0.15, 0.2) is 0 Å². The number of carbonyl (C=O) groups is 1. The highest BCUT2D eigenvalue weighted by molar-refractivity contribution is 7.98. The fourth-order valence-corrected chi connectivity index (χ4v) is 1.52. The summed E-state index contributed by atoms with van der Waals surface area (Å²) in [5, 5.41) is 2.81. The van der Waals surface area contributed by atoms with Crippen LogP contribution in [-0.4, -0.2) is 24.7 Å². The van der Waals surface area contributed by atoms with Crippen molar-refractivity contribution in [2.75, 3.05) is 12.8 Å². The van der Waals surface area contributed by atoms with Gasteiger partial charge in [-0.2, -0.15) is 0 Å². The number of amides is 1. The van der Waals surface area contributed by atoms with Crippen LogP contribution in [0.15, 0.2) is 29.2 Å². The first-order chi connectivity index (χ1) is 7.17. The lowest BCUT2D eigenvalue weighted by molar-refractivity contribution is 0.0941. The second-order valence-corrected chi connectivity index (χ2v) is 4.22. The number of rotatable bonds is 4. The van der Waals surface area contributed by atoms with Crippen LogP contribution in [0.25, 0.3) is 0 Å². The highest BCUT2D eigenvalue weighted by Gasteiger charge is 2.07. The molecule has 0 unspecified atom stereocenters. The summed E-state index contributed by atoms with van der Waals surface area (Å²) in [5.41, 5.74) is 6.10. The van der Waals surface area contributed by atoms with E-state index < -0.39 is 0 Å². The maximum absolute atomic E-state index is 11.6. The lowest BCUT2D eigenvalue weighted by atomic mass is 10.2. The van der Waals surface area contributed by atoms with Gasteiger partial charge in [-0.3, -0.25) is 4.79 Å². The monoisotopic (exact) mass is 224 g/mol. The number of hydrogen-bond acceptors (Lipinski definition) is 3. The van der Waals surface area contributed by atoms with E-state index in [1.807, 2.05) is 37.4 Å². The van der Waals surface area contributed by atoms with Crippen molar-refractivity contribution in [2.45, 2.75) is 17.9 Å². The first-order valence-electron chi connectivity index (χ1n) is 4.82. The topological polar surface area (TPSA) is 55.1 Å². The van der Waals surface area contributed by atoms with Gasteiger partial charge >= 0.3 is 0 Å². The van der Waals surface area contributed by atoms with Gasteiger partial charge in [0.05, 0.1) is 0 Å². The Morgan fingerprint density at radius 3 is 2.53 bits per heavy atom. The minimum Gasteiger partial charge on any atom is -0.348 e. The Morgan fingerprint density at radius 2 is 2.07 bits per heavy atom. The molecule has 3 nitrogen and oxygen atoms in total. The second kappa shape index (κ2) is 5.78. The fraction of sp³-hybridized carbons (Fsp3) is 0.364. The van der Waals surface area contributed by atoms with Gasteiger partial charge in [0.2, 0.25) is 0 Å². The molecule has 0 saturated heterocycles. The maximum atomic E-state index is 11.6. The van der Waals surface area contributed by atoms with E-state index in [-0.39, 0.29) is 11.9 Å². The predicted octanol–water partition coefficient (Wildman–Crippen LogP) is 1.49. The Morgan fingerprint density at radius 1 is 1.47 bits per heavy atom. The van der Waals surface area contributed by atoms with Crippen LogP contribution in [0.3, 0.4) is 0 Å². The van der Waals surface area contributed by atoms with Crippen LogP contribution >= 0.6 is 11.8 Å². The molecule has 4 heteroatoms. The van der Waals surface area contributed by atoms with Crippen LogP contribution in [0.5, 0.6) is 0 Å². The van der Waals surface area contributed by atoms with Gasteiger partial charge in [0.25, 0.3) is 5.91 Å². The van der Waals surface area contributed by atoms with Crippen LogP contribution in [0.1, 0.15) is 17.3 Å². The summed E-state index contributed by atoms with van der Waals surface area (Å²) in [4.78, 5) is 12.8. The molecule has 82 valence electrons. The molecule has 15 heavy (non-hydrogen) atoms. The minimum atomic E-state index is -0.0689. The van der Waals surface area contributed by atoms with E-state index in [1.165, 1.54) is 0 Å². The van der Waals surface area contributed by atoms with E-state index in [0.29, 0.717) is 12.1 Å². The Kier molecular flexibility index (Phi) is 4.65. The van der Waals surface area contributed by atoms with Gasteiger partial charge in [0, 0.05) is 23.0 Å². The highest BCUT2D eigenvalue weighted by atomic mass is 32.2. The largest absolute Gasteiger partial charge is 0.348 e. The number of thioether (sulfide) groups is 1. The summed E-state index contributed by atoms with van der Waals surface area (Å²) in [5.74, 6) is -0.0689. The van der Waals surface area contributed by atoms with Gasteiger partial charge < -0.3 is 11.1 Å². The fourth-order valence-electron chi connectivity index (χ4n) is 1.11. The molecule has 1 rings (SSSR count). The van der Waals surface area contributed by atoms with E-state index in [9.17, 15) is 4.79 Å². The third-order valence-electron chi connectivity index (χ3n) is 2.08. The molecule has 0 heterocycles. The molecule has 1 amide bonds. The van der Waals surface area contributed by atoms with E-state index in [0.717, 1.165) is 4.90 Å². The van der Waals surface area contributed by atoms with E-state index in [4.69, 9.17) is 5.73 Å². The molecule has 3 N–H and O–H groups in total. The quantitative estimate of drug-likeness (QED) is 0.762. The first kappa shape index (κ1) is 12.1. The van der Waals surface area contributed by atoms with Crippen LogP contribution < -0.4 is 11.1 Å². The van der Waals surface area contributed by atoms with E-state index in [1.54, 1.807) is 11.8 Å². The molecule has 0 spiro atoms. The van der Waals surface area contributed by atoms with Crippen molar-refractivity contribution in [1.29, 1.82) is 0 Å². The van der Waals surface area contributed by atoms with Gasteiger partial charge in [-0.05, 0) is 37.4 Å². The Labute approximate surface area is 94.4 Å². The van der Waals surface area contributed by atoms with Crippen molar-refractivity contribution in [3.8, 4) is 0 Å². The van der Waals surface area contributed by atoms with Gasteiger partial charge in [-0.15, -0.1) is 11.8 Å². The van der Waals surface area contributed by atoms with Crippen molar-refractivity contribution in [3.63, 3.8) is 0 Å². The Bertz CT molecular complexity index is 324. The SMILES string of the molecule is CSc1ccc(C(=O)N[C@H](C)CN)cc1. The number of nitrogens with one attached hydrogen (secondary N) is 1. The standard InChI is InChI=1S/C11H16N2OS/c1-8(7-12)13-11(14)9-3-5-10(15-2)6-4-9/h3-6,8H,7,12H2,1-2H3,(H,13,14)/t8-/m1/s1. The van der Waals surface area contributed by atoms with Crippen molar-refractivity contribution in [2.24, 2.45) is 5.73 Å². The lowest BCUT2D eigenvalue weighted by Gasteiger charge is -2.11. The van der Waals surface area contributed by atoms with Crippen LogP contribution in [-0.2, 0) is 0 Å². The maximum Gasteiger partial charge on any atom is 0.251 e. The molecule has 0 aliphatic rings. The van der Waals surface area contributed by atoms with Crippen LogP contribution in [0, 0.1) is 0 Å². The molecule has 1 aromatic rings. The Balaban J connectivity index is 2.66. The average Bonchev–Trinajstić information content (AvgIpc) is 2.29.